The van der Waals surface area contributed by atoms with Gasteiger partial charge in [-0.3, -0.25) is 4.79 Å². The third-order valence-corrected chi connectivity index (χ3v) is 3.09. The molecule has 0 aromatic rings. The Morgan fingerprint density at radius 3 is 1.95 bits per heavy atom. The molecule has 0 amide bonds. The van der Waals surface area contributed by atoms with Gasteiger partial charge in [-0.05, 0) is 19.3 Å². The maximum atomic E-state index is 11.8. The molecule has 0 radical (unpaired) electrons. The van der Waals surface area contributed by atoms with Gasteiger partial charge >= 0.3 is 12.1 Å². The Kier molecular flexibility index (Phi) is 12.1. The van der Waals surface area contributed by atoms with Crippen LogP contribution in [0.2, 0.25) is 0 Å². The van der Waals surface area contributed by atoms with Gasteiger partial charge in [0, 0.05) is 6.92 Å². The van der Waals surface area contributed by atoms with E-state index in [-0.39, 0.29) is 5.97 Å². The summed E-state index contributed by atoms with van der Waals surface area (Å²) in [4.78, 5) is 10.5. The van der Waals surface area contributed by atoms with Crippen LogP contribution in [0.3, 0.4) is 0 Å². The van der Waals surface area contributed by atoms with Crippen LogP contribution in [-0.4, -0.2) is 18.8 Å². The molecule has 0 aromatic heterocycles. The van der Waals surface area contributed by atoms with Crippen molar-refractivity contribution < 1.29 is 22.7 Å². The molecule has 0 bridgehead atoms. The second-order valence-electron chi connectivity index (χ2n) is 5.25. The van der Waals surface area contributed by atoms with Crippen LogP contribution < -0.4 is 0 Å². The van der Waals surface area contributed by atoms with Crippen molar-refractivity contribution in [2.75, 3.05) is 6.61 Å². The van der Waals surface area contributed by atoms with Crippen molar-refractivity contribution in [3.8, 4) is 0 Å². The molecule has 0 fully saturated rings. The highest BCUT2D eigenvalue weighted by Crippen LogP contribution is 2.20. The summed E-state index contributed by atoms with van der Waals surface area (Å²) in [6.07, 6.45) is 7.33. The maximum absolute atomic E-state index is 11.8. The Bertz CT molecular complexity index is 286. The van der Waals surface area contributed by atoms with Gasteiger partial charge in [-0.15, -0.1) is 0 Å². The molecule has 124 valence electrons. The van der Waals surface area contributed by atoms with Crippen molar-refractivity contribution in [1.82, 2.24) is 0 Å². The van der Waals surface area contributed by atoms with Crippen LogP contribution in [0.1, 0.15) is 71.1 Å². The van der Waals surface area contributed by atoms with E-state index in [2.05, 4.69) is 0 Å². The normalized spacial score (nSPS) is 12.0. The largest absolute Gasteiger partial charge is 0.466 e. The van der Waals surface area contributed by atoms with Crippen LogP contribution in [0, 0.1) is 0 Å². The summed E-state index contributed by atoms with van der Waals surface area (Å²) in [5, 5.41) is 0. The van der Waals surface area contributed by atoms with Crippen LogP contribution in [0.15, 0.2) is 12.2 Å². The molecule has 0 heterocycles. The first-order chi connectivity index (χ1) is 9.92. The number of rotatable bonds is 12. The Morgan fingerprint density at radius 2 is 1.43 bits per heavy atom. The molecule has 0 N–H and O–H groups in total. The van der Waals surface area contributed by atoms with E-state index in [9.17, 15) is 18.0 Å². The number of alkyl halides is 3. The third-order valence-electron chi connectivity index (χ3n) is 3.09. The first-order valence-corrected chi connectivity index (χ1v) is 7.77. The van der Waals surface area contributed by atoms with E-state index in [1.165, 1.54) is 25.8 Å². The monoisotopic (exact) mass is 308 g/mol. The minimum absolute atomic E-state index is 0.223. The molecule has 0 aliphatic rings. The zero-order valence-corrected chi connectivity index (χ0v) is 12.9. The lowest BCUT2D eigenvalue weighted by Crippen LogP contribution is -2.03. The number of ether oxygens (including phenoxy) is 1. The van der Waals surface area contributed by atoms with Crippen LogP contribution in [0.25, 0.3) is 0 Å². The van der Waals surface area contributed by atoms with Gasteiger partial charge in [0.05, 0.1) is 13.0 Å². The van der Waals surface area contributed by atoms with E-state index in [1.807, 2.05) is 0 Å². The summed E-state index contributed by atoms with van der Waals surface area (Å²) in [5.74, 6) is -0.223. The standard InChI is InChI=1S/C16H27F3O2/c1-15(20)21-14-12-10-8-6-4-2-3-5-7-9-11-13-16(17,18)19/h9,11H,2-8,10,12-14H2,1H3. The molecular formula is C16H27F3O2. The third kappa shape index (κ3) is 19.0. The fraction of sp³-hybridized carbons (Fsp3) is 0.812. The first-order valence-electron chi connectivity index (χ1n) is 7.77. The molecule has 21 heavy (non-hydrogen) atoms. The number of hydrogen-bond acceptors (Lipinski definition) is 2. The molecule has 0 rings (SSSR count). The number of hydrogen-bond donors (Lipinski definition) is 0. The van der Waals surface area contributed by atoms with Gasteiger partial charge in [-0.25, -0.2) is 0 Å². The lowest BCUT2D eigenvalue weighted by molar-refractivity contribution is -0.141. The van der Waals surface area contributed by atoms with E-state index < -0.39 is 12.6 Å². The molecular weight excluding hydrogens is 281 g/mol. The summed E-state index contributed by atoms with van der Waals surface area (Å²) in [6.45, 7) is 1.93. The minimum atomic E-state index is -4.08. The molecule has 0 aliphatic heterocycles. The molecule has 0 saturated carbocycles. The average Bonchev–Trinajstić information content (AvgIpc) is 2.37. The summed E-state index contributed by atoms with van der Waals surface area (Å²) >= 11 is 0. The van der Waals surface area contributed by atoms with E-state index in [1.54, 1.807) is 6.08 Å². The number of halogens is 3. The number of esters is 1. The SMILES string of the molecule is CC(=O)OCCCCCCCCCCC=CCC(F)(F)F. The Labute approximate surface area is 125 Å². The molecule has 0 spiro atoms. The van der Waals surface area contributed by atoms with Crippen LogP contribution in [0.5, 0.6) is 0 Å². The summed E-state index contributed by atoms with van der Waals surface area (Å²) in [5.41, 5.74) is 0. The molecule has 0 aliphatic carbocycles. The molecule has 2 nitrogen and oxygen atoms in total. The number of carbonyl (C=O) groups is 1. The molecule has 0 unspecified atom stereocenters. The first kappa shape index (κ1) is 20.0. The summed E-state index contributed by atoms with van der Waals surface area (Å²) in [7, 11) is 0. The van der Waals surface area contributed by atoms with Crippen molar-refractivity contribution in [3.63, 3.8) is 0 Å². The van der Waals surface area contributed by atoms with Crippen LogP contribution in [-0.2, 0) is 9.53 Å². The highest BCUT2D eigenvalue weighted by Gasteiger charge is 2.24. The van der Waals surface area contributed by atoms with Gasteiger partial charge in [0.15, 0.2) is 0 Å². The van der Waals surface area contributed by atoms with Crippen molar-refractivity contribution in [2.24, 2.45) is 0 Å². The van der Waals surface area contributed by atoms with Gasteiger partial charge in [0.1, 0.15) is 0 Å². The van der Waals surface area contributed by atoms with Gasteiger partial charge in [0.25, 0.3) is 0 Å². The number of carbonyl (C=O) groups excluding carboxylic acids is 1. The van der Waals surface area contributed by atoms with Crippen molar-refractivity contribution in [2.45, 2.75) is 77.3 Å². The molecule has 0 atom stereocenters. The maximum Gasteiger partial charge on any atom is 0.392 e. The minimum Gasteiger partial charge on any atom is -0.466 e. The lowest BCUT2D eigenvalue weighted by Gasteiger charge is -2.03. The van der Waals surface area contributed by atoms with Crippen LogP contribution >= 0.6 is 0 Å². The predicted molar refractivity (Wildman–Crippen MR) is 78.0 cm³/mol. The Balaban J connectivity index is 3.14. The van der Waals surface area contributed by atoms with Crippen LogP contribution in [0.4, 0.5) is 13.2 Å². The quantitative estimate of drug-likeness (QED) is 0.268. The second-order valence-corrected chi connectivity index (χ2v) is 5.25. The zero-order valence-electron chi connectivity index (χ0n) is 12.9. The molecule has 5 heteroatoms. The summed E-state index contributed by atoms with van der Waals surface area (Å²) in [6, 6.07) is 0. The Hall–Kier alpha value is -1.00. The molecule has 0 saturated heterocycles. The second kappa shape index (κ2) is 12.7. The van der Waals surface area contributed by atoms with Crippen molar-refractivity contribution >= 4 is 5.97 Å². The van der Waals surface area contributed by atoms with E-state index in [0.29, 0.717) is 6.61 Å². The topological polar surface area (TPSA) is 26.3 Å². The van der Waals surface area contributed by atoms with Crippen molar-refractivity contribution in [3.05, 3.63) is 12.2 Å². The lowest BCUT2D eigenvalue weighted by atomic mass is 10.1. The highest BCUT2D eigenvalue weighted by molar-refractivity contribution is 5.65. The predicted octanol–water partition coefficient (Wildman–Crippen LogP) is 5.57. The molecule has 0 aromatic carbocycles. The van der Waals surface area contributed by atoms with Gasteiger partial charge in [0.2, 0.25) is 0 Å². The van der Waals surface area contributed by atoms with Gasteiger partial charge in [-0.1, -0.05) is 50.7 Å². The fourth-order valence-electron chi connectivity index (χ4n) is 1.98. The van der Waals surface area contributed by atoms with E-state index in [4.69, 9.17) is 4.74 Å². The number of allylic oxidation sites excluding steroid dienone is 2. The fourth-order valence-corrected chi connectivity index (χ4v) is 1.98. The summed E-state index contributed by atoms with van der Waals surface area (Å²) < 4.78 is 40.4. The highest BCUT2D eigenvalue weighted by atomic mass is 19.4. The van der Waals surface area contributed by atoms with Gasteiger partial charge in [-0.2, -0.15) is 13.2 Å². The zero-order chi connectivity index (χ0) is 16.0. The van der Waals surface area contributed by atoms with Crippen molar-refractivity contribution in [1.29, 1.82) is 0 Å². The smallest absolute Gasteiger partial charge is 0.392 e. The van der Waals surface area contributed by atoms with E-state index in [0.717, 1.165) is 44.9 Å². The van der Waals surface area contributed by atoms with E-state index >= 15 is 0 Å². The average molecular weight is 308 g/mol. The van der Waals surface area contributed by atoms with Gasteiger partial charge < -0.3 is 4.74 Å². The Morgan fingerprint density at radius 1 is 0.905 bits per heavy atom. The number of unbranched alkanes of at least 4 members (excludes halogenated alkanes) is 8.